The van der Waals surface area contributed by atoms with E-state index in [-0.39, 0.29) is 41.4 Å². The van der Waals surface area contributed by atoms with Crippen molar-refractivity contribution in [2.45, 2.75) is 57.1 Å². The fraction of sp³-hybridized carbons (Fsp3) is 0.414. The Morgan fingerprint density at radius 1 is 1.16 bits per heavy atom. The Morgan fingerprint density at radius 2 is 1.91 bits per heavy atom. The van der Waals surface area contributed by atoms with Gasteiger partial charge in [-0.2, -0.15) is 0 Å². The normalized spacial score (nSPS) is 19.4. The summed E-state index contributed by atoms with van der Waals surface area (Å²) in [6.45, 7) is 6.11. The van der Waals surface area contributed by atoms with Gasteiger partial charge >= 0.3 is 6.09 Å². The summed E-state index contributed by atoms with van der Waals surface area (Å²) in [4.78, 5) is 52.1. The maximum atomic E-state index is 13.5. The highest BCUT2D eigenvalue weighted by atomic mass is 32.2. The number of anilines is 3. The summed E-state index contributed by atoms with van der Waals surface area (Å²) in [7, 11) is -2.60. The van der Waals surface area contributed by atoms with E-state index in [2.05, 4.69) is 20.0 Å². The van der Waals surface area contributed by atoms with Gasteiger partial charge in [0.2, 0.25) is 10.0 Å². The van der Waals surface area contributed by atoms with E-state index in [4.69, 9.17) is 0 Å². The first-order valence-electron chi connectivity index (χ1n) is 14.3. The minimum absolute atomic E-state index is 0.0345. The van der Waals surface area contributed by atoms with Gasteiger partial charge in [-0.15, -0.1) is 0 Å². The first-order valence-corrected chi connectivity index (χ1v) is 16.6. The van der Waals surface area contributed by atoms with Crippen molar-refractivity contribution >= 4 is 56.0 Å². The number of aromatic nitrogens is 2. The van der Waals surface area contributed by atoms with Crippen molar-refractivity contribution in [2.24, 2.45) is 5.92 Å². The lowest BCUT2D eigenvalue weighted by molar-refractivity contribution is -0.124. The number of carbonyl (C=O) groups excluding carboxylic acids is 2. The number of hydrogen-bond acceptors (Lipinski definition) is 9. The number of benzene rings is 1. The maximum Gasteiger partial charge on any atom is 0.408 e. The number of carbonyl (C=O) groups is 3. The van der Waals surface area contributed by atoms with Gasteiger partial charge in [-0.1, -0.05) is 17.4 Å². The number of piperazine rings is 1. The van der Waals surface area contributed by atoms with E-state index in [1.807, 2.05) is 19.9 Å². The van der Waals surface area contributed by atoms with Crippen LogP contribution < -0.4 is 14.9 Å². The summed E-state index contributed by atoms with van der Waals surface area (Å²) in [5.74, 6) is 0.652. The van der Waals surface area contributed by atoms with Crippen LogP contribution in [0.4, 0.5) is 21.6 Å². The predicted molar refractivity (Wildman–Crippen MR) is 165 cm³/mol. The van der Waals surface area contributed by atoms with Crippen LogP contribution in [0.3, 0.4) is 0 Å². The highest BCUT2D eigenvalue weighted by Crippen LogP contribution is 2.42. The Balaban J connectivity index is 1.29. The molecule has 0 bridgehead atoms. The Morgan fingerprint density at radius 3 is 2.59 bits per heavy atom. The third-order valence-electron chi connectivity index (χ3n) is 8.56. The monoisotopic (exact) mass is 639 g/mol. The number of fused-ring (bicyclic) bond motifs is 1. The molecule has 3 aromatic rings. The predicted octanol–water partition coefficient (Wildman–Crippen LogP) is 3.63. The first kappa shape index (κ1) is 30.0. The summed E-state index contributed by atoms with van der Waals surface area (Å²) >= 11 is 1.32. The number of amides is 3. The fourth-order valence-corrected chi connectivity index (χ4v) is 7.83. The number of hydrogen-bond donors (Lipinski definition) is 3. The lowest BCUT2D eigenvalue weighted by atomic mass is 10.0. The standard InChI is InChI=1S/C29H33N7O6S2/c1-15-25(19-12-20-14-36(16(2)18-8-9-18)27(38)24(20)21(13-19)44(41,42)30-4)43-28(31-15)33-22-6-5-7-23(32-22)35-11-10-34(29(39)40)17(3)26(35)37/h5-7,12-13,16-18,30H,8-11,14H2,1-4H3,(H,39,40)(H,31,32,33)/t16?,17-/m0/s1. The van der Waals surface area contributed by atoms with Crippen LogP contribution in [0.2, 0.25) is 0 Å². The highest BCUT2D eigenvalue weighted by Gasteiger charge is 2.41. The van der Waals surface area contributed by atoms with Crippen LogP contribution in [-0.2, 0) is 21.4 Å². The quantitative estimate of drug-likeness (QED) is 0.334. The fourth-order valence-electron chi connectivity index (χ4n) is 5.88. The Kier molecular flexibility index (Phi) is 7.58. The van der Waals surface area contributed by atoms with E-state index in [0.717, 1.165) is 22.6 Å². The average Bonchev–Trinajstić information content (AvgIpc) is 3.71. The van der Waals surface area contributed by atoms with Crippen molar-refractivity contribution in [3.05, 3.63) is 47.2 Å². The molecule has 1 aromatic carbocycles. The second-order valence-electron chi connectivity index (χ2n) is 11.3. The molecule has 2 aliphatic heterocycles. The Hall–Kier alpha value is -4.08. The molecule has 3 N–H and O–H groups in total. The molecule has 44 heavy (non-hydrogen) atoms. The molecule has 15 heteroatoms. The molecule has 1 unspecified atom stereocenters. The van der Waals surface area contributed by atoms with Crippen LogP contribution in [0.1, 0.15) is 48.3 Å². The second-order valence-corrected chi connectivity index (χ2v) is 14.2. The Labute approximate surface area is 259 Å². The zero-order valence-corrected chi connectivity index (χ0v) is 26.3. The third-order valence-corrected chi connectivity index (χ3v) is 11.1. The molecule has 2 atom stereocenters. The van der Waals surface area contributed by atoms with E-state index < -0.39 is 22.2 Å². The molecule has 232 valence electrons. The van der Waals surface area contributed by atoms with Gasteiger partial charge in [-0.05, 0) is 82.0 Å². The molecular formula is C29H33N7O6S2. The van der Waals surface area contributed by atoms with Crippen LogP contribution >= 0.6 is 11.3 Å². The second kappa shape index (κ2) is 11.1. The van der Waals surface area contributed by atoms with Gasteiger partial charge in [0.15, 0.2) is 5.13 Å². The van der Waals surface area contributed by atoms with Crippen molar-refractivity contribution in [2.75, 3.05) is 30.4 Å². The van der Waals surface area contributed by atoms with Crippen molar-refractivity contribution in [1.29, 1.82) is 0 Å². The Bertz CT molecular complexity index is 1790. The summed E-state index contributed by atoms with van der Waals surface area (Å²) in [6.07, 6.45) is 0.997. The van der Waals surface area contributed by atoms with Gasteiger partial charge < -0.3 is 15.3 Å². The topological polar surface area (TPSA) is 165 Å². The van der Waals surface area contributed by atoms with Crippen LogP contribution in [-0.4, -0.2) is 83.4 Å². The van der Waals surface area contributed by atoms with Gasteiger partial charge in [-0.25, -0.2) is 27.9 Å². The van der Waals surface area contributed by atoms with Crippen LogP contribution in [0.5, 0.6) is 0 Å². The summed E-state index contributed by atoms with van der Waals surface area (Å²) in [6, 6.07) is 7.80. The molecule has 3 amide bonds. The van der Waals surface area contributed by atoms with Gasteiger partial charge in [0.25, 0.3) is 11.8 Å². The number of pyridine rings is 1. The number of nitrogens with one attached hydrogen (secondary N) is 2. The molecule has 2 aromatic heterocycles. The smallest absolute Gasteiger partial charge is 0.408 e. The van der Waals surface area contributed by atoms with E-state index in [9.17, 15) is 27.9 Å². The van der Waals surface area contributed by atoms with Crippen molar-refractivity contribution in [3.8, 4) is 10.4 Å². The summed E-state index contributed by atoms with van der Waals surface area (Å²) in [5.41, 5.74) is 2.22. The summed E-state index contributed by atoms with van der Waals surface area (Å²) < 4.78 is 28.6. The zero-order chi connectivity index (χ0) is 31.5. The number of carboxylic acid groups (broad SMARTS) is 1. The molecule has 0 spiro atoms. The SMILES string of the molecule is CNS(=O)(=O)c1cc(-c2sc(Nc3cccc(N4CCN(C(=O)O)[C@@H](C)C4=O)n3)nc2C)cc2c1C(=O)N(C(C)C1CC1)C2. The van der Waals surface area contributed by atoms with Crippen molar-refractivity contribution in [3.63, 3.8) is 0 Å². The molecule has 4 heterocycles. The average molecular weight is 640 g/mol. The largest absolute Gasteiger partial charge is 0.465 e. The molecule has 3 aliphatic rings. The minimum Gasteiger partial charge on any atom is -0.465 e. The van der Waals surface area contributed by atoms with Crippen LogP contribution in [0.15, 0.2) is 35.2 Å². The van der Waals surface area contributed by atoms with Gasteiger partial charge in [-0.3, -0.25) is 19.4 Å². The number of nitrogens with zero attached hydrogens (tertiary/aromatic N) is 5. The molecule has 1 saturated carbocycles. The van der Waals surface area contributed by atoms with E-state index in [1.54, 1.807) is 36.1 Å². The van der Waals surface area contributed by atoms with Crippen molar-refractivity contribution < 1.29 is 27.9 Å². The number of rotatable bonds is 8. The molecule has 6 rings (SSSR count). The zero-order valence-electron chi connectivity index (χ0n) is 24.7. The molecule has 1 aliphatic carbocycles. The number of aryl methyl sites for hydroxylation is 1. The third kappa shape index (κ3) is 5.28. The van der Waals surface area contributed by atoms with Crippen LogP contribution in [0, 0.1) is 12.8 Å². The van der Waals surface area contributed by atoms with Crippen molar-refractivity contribution in [1.82, 2.24) is 24.5 Å². The lowest BCUT2D eigenvalue weighted by Gasteiger charge is -2.36. The van der Waals surface area contributed by atoms with E-state index in [0.29, 0.717) is 46.1 Å². The molecule has 13 nitrogen and oxygen atoms in total. The van der Waals surface area contributed by atoms with E-state index >= 15 is 0 Å². The maximum absolute atomic E-state index is 13.5. The highest BCUT2D eigenvalue weighted by molar-refractivity contribution is 7.89. The summed E-state index contributed by atoms with van der Waals surface area (Å²) in [5, 5.41) is 13.0. The van der Waals surface area contributed by atoms with Gasteiger partial charge in [0, 0.05) is 25.7 Å². The number of thiazole rings is 1. The minimum atomic E-state index is -3.93. The molecule has 1 saturated heterocycles. The molecular weight excluding hydrogens is 606 g/mol. The van der Waals surface area contributed by atoms with Crippen LogP contribution in [0.25, 0.3) is 10.4 Å². The molecule has 0 radical (unpaired) electrons. The van der Waals surface area contributed by atoms with Gasteiger partial charge in [0.05, 0.1) is 21.0 Å². The number of sulfonamides is 1. The van der Waals surface area contributed by atoms with E-state index in [1.165, 1.54) is 23.3 Å². The lowest BCUT2D eigenvalue weighted by Crippen LogP contribution is -2.57. The molecule has 2 fully saturated rings. The van der Waals surface area contributed by atoms with Gasteiger partial charge in [0.1, 0.15) is 17.7 Å². The first-order chi connectivity index (χ1) is 20.9.